The number of hydrogen-bond donors (Lipinski definition) is 1. The van der Waals surface area contributed by atoms with Gasteiger partial charge in [-0.25, -0.2) is 0 Å². The van der Waals surface area contributed by atoms with Gasteiger partial charge < -0.3 is 19.9 Å². The Bertz CT molecular complexity index is 647. The maximum Gasteiger partial charge on any atom is 0.153 e. The van der Waals surface area contributed by atoms with E-state index in [1.165, 1.54) is 11.4 Å². The minimum absolute atomic E-state index is 0.298. The van der Waals surface area contributed by atoms with Crippen molar-refractivity contribution in [1.82, 2.24) is 14.8 Å². The first-order chi connectivity index (χ1) is 10.6. The Balaban J connectivity index is 2.07. The molecular weight excluding hydrogens is 278 g/mol. The number of hydrogen-bond acceptors (Lipinski definition) is 5. The molecule has 1 atom stereocenters. The number of ether oxygens (including phenoxy) is 1. The molecule has 3 rings (SSSR count). The average molecular weight is 301 g/mol. The molecule has 1 fully saturated rings. The maximum atomic E-state index is 5.86. The van der Waals surface area contributed by atoms with E-state index in [-0.39, 0.29) is 0 Å². The zero-order valence-corrected chi connectivity index (χ0v) is 13.4. The molecule has 22 heavy (non-hydrogen) atoms. The summed E-state index contributed by atoms with van der Waals surface area (Å²) in [6.45, 7) is 8.97. The molecule has 2 aromatic heterocycles. The number of nitrogens with zero attached hydrogens (tertiary/aromatic N) is 4. The molecule has 0 spiro atoms. The van der Waals surface area contributed by atoms with Crippen LogP contribution in [0, 0.1) is 13.8 Å². The van der Waals surface area contributed by atoms with Crippen LogP contribution in [0.2, 0.25) is 0 Å². The molecule has 0 radical (unpaired) electrons. The maximum absolute atomic E-state index is 5.86. The minimum Gasteiger partial charge on any atom is -0.377 e. The molecule has 1 unspecified atom stereocenters. The van der Waals surface area contributed by atoms with E-state index in [0.717, 1.165) is 37.0 Å². The first-order valence-electron chi connectivity index (χ1n) is 7.68. The van der Waals surface area contributed by atoms with Crippen LogP contribution < -0.4 is 10.6 Å². The van der Waals surface area contributed by atoms with E-state index in [1.807, 2.05) is 0 Å². The standard InChI is InChI=1S/C16H23N5O/c1-11-4-5-12(2)21(11)15-8-16(19-18-14(15)9-17)20-6-7-22-10-13(20)3/h4-5,8,13H,6-7,9-10,17H2,1-3H3. The van der Waals surface area contributed by atoms with Gasteiger partial charge in [0.05, 0.1) is 24.9 Å². The summed E-state index contributed by atoms with van der Waals surface area (Å²) in [6, 6.07) is 6.60. The number of nitrogens with two attached hydrogens (primary N) is 1. The molecule has 3 heterocycles. The lowest BCUT2D eigenvalue weighted by Crippen LogP contribution is -2.44. The first kappa shape index (κ1) is 15.0. The summed E-state index contributed by atoms with van der Waals surface area (Å²) < 4.78 is 7.69. The fourth-order valence-corrected chi connectivity index (χ4v) is 2.99. The number of rotatable bonds is 3. The van der Waals surface area contributed by atoms with Crippen molar-refractivity contribution < 1.29 is 4.74 Å². The molecule has 1 aliphatic heterocycles. The van der Waals surface area contributed by atoms with E-state index in [4.69, 9.17) is 10.5 Å². The molecule has 0 aromatic carbocycles. The van der Waals surface area contributed by atoms with Crippen LogP contribution in [-0.2, 0) is 11.3 Å². The lowest BCUT2D eigenvalue weighted by molar-refractivity contribution is 0.0984. The van der Waals surface area contributed by atoms with Gasteiger partial charge in [-0.05, 0) is 32.9 Å². The predicted molar refractivity (Wildman–Crippen MR) is 86.4 cm³/mol. The molecule has 2 aromatic rings. The Labute approximate surface area is 130 Å². The third-order valence-corrected chi connectivity index (χ3v) is 4.20. The SMILES string of the molecule is Cc1ccc(C)n1-c1cc(N2CCOCC2C)nnc1CN. The van der Waals surface area contributed by atoms with Crippen molar-refractivity contribution in [3.8, 4) is 5.69 Å². The van der Waals surface area contributed by atoms with Crippen LogP contribution in [0.25, 0.3) is 5.69 Å². The molecule has 0 bridgehead atoms. The van der Waals surface area contributed by atoms with Gasteiger partial charge in [0.25, 0.3) is 0 Å². The summed E-state index contributed by atoms with van der Waals surface area (Å²) in [5.74, 6) is 0.885. The molecule has 0 aliphatic carbocycles. The van der Waals surface area contributed by atoms with Gasteiger partial charge in [-0.15, -0.1) is 10.2 Å². The summed E-state index contributed by atoms with van der Waals surface area (Å²) in [4.78, 5) is 2.24. The summed E-state index contributed by atoms with van der Waals surface area (Å²) in [5.41, 5.74) is 10.0. The summed E-state index contributed by atoms with van der Waals surface area (Å²) in [5, 5.41) is 8.75. The largest absolute Gasteiger partial charge is 0.377 e. The molecule has 2 N–H and O–H groups in total. The summed E-state index contributed by atoms with van der Waals surface area (Å²) in [6.07, 6.45) is 0. The van der Waals surface area contributed by atoms with E-state index in [1.54, 1.807) is 0 Å². The molecule has 0 saturated carbocycles. The highest BCUT2D eigenvalue weighted by Gasteiger charge is 2.22. The molecule has 6 heteroatoms. The lowest BCUT2D eigenvalue weighted by Gasteiger charge is -2.34. The number of anilines is 1. The van der Waals surface area contributed by atoms with Crippen LogP contribution in [0.4, 0.5) is 5.82 Å². The zero-order chi connectivity index (χ0) is 15.7. The fourth-order valence-electron chi connectivity index (χ4n) is 2.99. The van der Waals surface area contributed by atoms with Crippen molar-refractivity contribution in [2.24, 2.45) is 5.73 Å². The second-order valence-corrected chi connectivity index (χ2v) is 5.81. The zero-order valence-electron chi connectivity index (χ0n) is 13.4. The topological polar surface area (TPSA) is 69.2 Å². The van der Waals surface area contributed by atoms with E-state index >= 15 is 0 Å². The van der Waals surface area contributed by atoms with Crippen molar-refractivity contribution in [2.45, 2.75) is 33.4 Å². The van der Waals surface area contributed by atoms with E-state index in [9.17, 15) is 0 Å². The molecular formula is C16H23N5O. The van der Waals surface area contributed by atoms with Crippen molar-refractivity contribution in [1.29, 1.82) is 0 Å². The van der Waals surface area contributed by atoms with Gasteiger partial charge in [-0.2, -0.15) is 0 Å². The molecule has 6 nitrogen and oxygen atoms in total. The van der Waals surface area contributed by atoms with Crippen LogP contribution in [-0.4, -0.2) is 40.6 Å². The van der Waals surface area contributed by atoms with Gasteiger partial charge in [-0.1, -0.05) is 0 Å². The smallest absolute Gasteiger partial charge is 0.153 e. The Morgan fingerprint density at radius 1 is 1.27 bits per heavy atom. The molecule has 1 saturated heterocycles. The highest BCUT2D eigenvalue weighted by Crippen LogP contribution is 2.24. The fraction of sp³-hybridized carbons (Fsp3) is 0.500. The highest BCUT2D eigenvalue weighted by atomic mass is 16.5. The second kappa shape index (κ2) is 6.06. The van der Waals surface area contributed by atoms with Crippen molar-refractivity contribution in [3.05, 3.63) is 35.3 Å². The lowest BCUT2D eigenvalue weighted by atomic mass is 10.2. The van der Waals surface area contributed by atoms with Gasteiger partial charge >= 0.3 is 0 Å². The van der Waals surface area contributed by atoms with Gasteiger partial charge in [0.15, 0.2) is 5.82 Å². The average Bonchev–Trinajstić information content (AvgIpc) is 2.86. The van der Waals surface area contributed by atoms with Gasteiger partial charge in [0, 0.05) is 30.5 Å². The number of morpholine rings is 1. The summed E-state index contributed by atoms with van der Waals surface area (Å²) in [7, 11) is 0. The Kier molecular flexibility index (Phi) is 4.13. The third kappa shape index (κ3) is 2.60. The van der Waals surface area contributed by atoms with Crippen molar-refractivity contribution in [2.75, 3.05) is 24.7 Å². The minimum atomic E-state index is 0.298. The number of aromatic nitrogens is 3. The molecule has 0 amide bonds. The summed E-state index contributed by atoms with van der Waals surface area (Å²) >= 11 is 0. The Morgan fingerprint density at radius 2 is 2.00 bits per heavy atom. The molecule has 118 valence electrons. The van der Waals surface area contributed by atoms with Gasteiger partial charge in [0.1, 0.15) is 5.69 Å². The van der Waals surface area contributed by atoms with Crippen LogP contribution >= 0.6 is 0 Å². The van der Waals surface area contributed by atoms with E-state index in [0.29, 0.717) is 12.6 Å². The molecule has 1 aliphatic rings. The van der Waals surface area contributed by atoms with Crippen LogP contribution in [0.5, 0.6) is 0 Å². The van der Waals surface area contributed by atoms with Crippen LogP contribution in [0.1, 0.15) is 24.0 Å². The second-order valence-electron chi connectivity index (χ2n) is 5.81. The van der Waals surface area contributed by atoms with Gasteiger partial charge in [-0.3, -0.25) is 0 Å². The predicted octanol–water partition coefficient (Wildman–Crippen LogP) is 1.57. The van der Waals surface area contributed by atoms with Gasteiger partial charge in [0.2, 0.25) is 0 Å². The van der Waals surface area contributed by atoms with Crippen LogP contribution in [0.3, 0.4) is 0 Å². The van der Waals surface area contributed by atoms with E-state index < -0.39 is 0 Å². The Morgan fingerprint density at radius 3 is 2.64 bits per heavy atom. The quantitative estimate of drug-likeness (QED) is 0.932. The van der Waals surface area contributed by atoms with E-state index in [2.05, 4.69) is 58.6 Å². The van der Waals surface area contributed by atoms with Crippen molar-refractivity contribution >= 4 is 5.82 Å². The van der Waals surface area contributed by atoms with Crippen LogP contribution in [0.15, 0.2) is 18.2 Å². The monoisotopic (exact) mass is 301 g/mol. The third-order valence-electron chi connectivity index (χ3n) is 4.20. The first-order valence-corrected chi connectivity index (χ1v) is 7.68. The highest BCUT2D eigenvalue weighted by molar-refractivity contribution is 5.51. The van der Waals surface area contributed by atoms with Crippen molar-refractivity contribution in [3.63, 3.8) is 0 Å². The Hall–Kier alpha value is -1.92. The normalized spacial score (nSPS) is 18.7. The number of aryl methyl sites for hydroxylation is 2.